The lowest BCUT2D eigenvalue weighted by Gasteiger charge is -2.40. The van der Waals surface area contributed by atoms with Gasteiger partial charge in [0, 0.05) is 18.5 Å². The summed E-state index contributed by atoms with van der Waals surface area (Å²) in [5, 5.41) is 0. The highest BCUT2D eigenvalue weighted by Gasteiger charge is 2.37. The van der Waals surface area contributed by atoms with Crippen LogP contribution in [0.2, 0.25) is 0 Å². The van der Waals surface area contributed by atoms with Gasteiger partial charge in [0.1, 0.15) is 0 Å². The summed E-state index contributed by atoms with van der Waals surface area (Å²) in [6, 6.07) is 10.4. The molecule has 4 heteroatoms. The van der Waals surface area contributed by atoms with Gasteiger partial charge in [0.15, 0.2) is 0 Å². The highest BCUT2D eigenvalue weighted by molar-refractivity contribution is 5.80. The van der Waals surface area contributed by atoms with Crippen molar-refractivity contribution in [3.63, 3.8) is 0 Å². The summed E-state index contributed by atoms with van der Waals surface area (Å²) in [6.45, 7) is 3.28. The average Bonchev–Trinajstić information content (AvgIpc) is 2.94. The molecule has 2 fully saturated rings. The van der Waals surface area contributed by atoms with Crippen LogP contribution in [0, 0.1) is 5.92 Å². The molecule has 2 aliphatic rings. The number of nitrogens with zero attached hydrogens (tertiary/aromatic N) is 1. The van der Waals surface area contributed by atoms with E-state index in [0.29, 0.717) is 13.2 Å². The molecule has 4 nitrogen and oxygen atoms in total. The first kappa shape index (κ1) is 14.5. The number of nitrogens with two attached hydrogens (primary N) is 1. The predicted molar refractivity (Wildman–Crippen MR) is 81.6 cm³/mol. The summed E-state index contributed by atoms with van der Waals surface area (Å²) in [6.07, 6.45) is 2.81. The summed E-state index contributed by atoms with van der Waals surface area (Å²) in [7, 11) is 0. The third kappa shape index (κ3) is 3.11. The molecule has 0 aromatic heterocycles. The van der Waals surface area contributed by atoms with Crippen LogP contribution in [0.5, 0.6) is 0 Å². The largest absolute Gasteiger partial charge is 0.374 e. The highest BCUT2D eigenvalue weighted by atomic mass is 16.5. The quantitative estimate of drug-likeness (QED) is 0.906. The van der Waals surface area contributed by atoms with Crippen molar-refractivity contribution in [3.05, 3.63) is 35.9 Å². The number of hydrogen-bond acceptors (Lipinski definition) is 3. The van der Waals surface area contributed by atoms with E-state index in [4.69, 9.17) is 10.5 Å². The minimum absolute atomic E-state index is 0.0340. The van der Waals surface area contributed by atoms with E-state index in [-0.39, 0.29) is 30.0 Å². The number of benzene rings is 1. The number of amides is 1. The molecule has 1 amide bonds. The lowest BCUT2D eigenvalue weighted by atomic mass is 9.99. The van der Waals surface area contributed by atoms with Crippen molar-refractivity contribution in [1.82, 2.24) is 4.90 Å². The summed E-state index contributed by atoms with van der Waals surface area (Å²) >= 11 is 0. The lowest BCUT2D eigenvalue weighted by molar-refractivity contribution is -0.148. The second kappa shape index (κ2) is 6.16. The molecule has 1 saturated heterocycles. The van der Waals surface area contributed by atoms with Gasteiger partial charge in [-0.3, -0.25) is 4.79 Å². The fourth-order valence-corrected chi connectivity index (χ4v) is 3.47. The number of morpholine rings is 1. The number of ether oxygens (including phenoxy) is 1. The molecule has 1 aliphatic heterocycles. The van der Waals surface area contributed by atoms with E-state index in [1.165, 1.54) is 0 Å². The maximum Gasteiger partial charge on any atom is 0.226 e. The molecule has 0 bridgehead atoms. The number of carbonyl (C=O) groups excluding carboxylic acids is 1. The van der Waals surface area contributed by atoms with Crippen LogP contribution in [0.1, 0.15) is 37.8 Å². The Balaban J connectivity index is 1.80. The van der Waals surface area contributed by atoms with Gasteiger partial charge in [-0.25, -0.2) is 0 Å². The standard InChI is InChI=1S/C17H24N2O2/c1-12-10-19(17(20)14-7-8-15(18)9-14)16(11-21-12)13-5-3-2-4-6-13/h2-6,12,14-16H,7-11,18H2,1H3/t12-,14-,15-,16-/m1/s1. The first-order chi connectivity index (χ1) is 10.1. The van der Waals surface area contributed by atoms with Crippen molar-refractivity contribution in [2.45, 2.75) is 44.4 Å². The number of carbonyl (C=O) groups is 1. The molecule has 1 aromatic rings. The zero-order valence-electron chi connectivity index (χ0n) is 12.6. The molecule has 0 unspecified atom stereocenters. The molecule has 4 atom stereocenters. The first-order valence-electron chi connectivity index (χ1n) is 7.87. The normalized spacial score (nSPS) is 33.1. The fraction of sp³-hybridized carbons (Fsp3) is 0.588. The fourth-order valence-electron chi connectivity index (χ4n) is 3.47. The van der Waals surface area contributed by atoms with Gasteiger partial charge in [0.2, 0.25) is 5.91 Å². The third-order valence-electron chi connectivity index (χ3n) is 4.66. The van der Waals surface area contributed by atoms with Gasteiger partial charge in [0.25, 0.3) is 0 Å². The van der Waals surface area contributed by atoms with Crippen molar-refractivity contribution in [2.24, 2.45) is 11.7 Å². The van der Waals surface area contributed by atoms with Gasteiger partial charge in [0.05, 0.1) is 18.8 Å². The number of hydrogen-bond donors (Lipinski definition) is 1. The topological polar surface area (TPSA) is 55.6 Å². The summed E-state index contributed by atoms with van der Waals surface area (Å²) in [5.41, 5.74) is 7.12. The molecular weight excluding hydrogens is 264 g/mol. The molecular formula is C17H24N2O2. The molecule has 2 N–H and O–H groups in total. The molecule has 114 valence electrons. The van der Waals surface area contributed by atoms with Crippen LogP contribution in [0.25, 0.3) is 0 Å². The third-order valence-corrected chi connectivity index (χ3v) is 4.66. The van der Waals surface area contributed by atoms with Crippen molar-refractivity contribution < 1.29 is 9.53 Å². The molecule has 1 heterocycles. The maximum atomic E-state index is 12.9. The molecule has 0 spiro atoms. The van der Waals surface area contributed by atoms with Gasteiger partial charge in [-0.1, -0.05) is 30.3 Å². The summed E-state index contributed by atoms with van der Waals surface area (Å²) in [5.74, 6) is 0.350. The Morgan fingerprint density at radius 1 is 1.29 bits per heavy atom. The van der Waals surface area contributed by atoms with Crippen LogP contribution in [0.4, 0.5) is 0 Å². The average molecular weight is 288 g/mol. The molecule has 1 saturated carbocycles. The van der Waals surface area contributed by atoms with E-state index in [1.54, 1.807) is 0 Å². The van der Waals surface area contributed by atoms with Crippen LogP contribution < -0.4 is 5.73 Å². The van der Waals surface area contributed by atoms with E-state index in [9.17, 15) is 4.79 Å². The first-order valence-corrected chi connectivity index (χ1v) is 7.87. The minimum atomic E-state index is 0.0340. The van der Waals surface area contributed by atoms with Crippen LogP contribution in [-0.4, -0.2) is 36.1 Å². The van der Waals surface area contributed by atoms with E-state index < -0.39 is 0 Å². The Hall–Kier alpha value is -1.39. The lowest BCUT2D eigenvalue weighted by Crippen LogP contribution is -2.48. The zero-order chi connectivity index (χ0) is 14.8. The van der Waals surface area contributed by atoms with Gasteiger partial charge >= 0.3 is 0 Å². The van der Waals surface area contributed by atoms with Gasteiger partial charge < -0.3 is 15.4 Å². The Bertz CT molecular complexity index is 491. The van der Waals surface area contributed by atoms with Crippen LogP contribution >= 0.6 is 0 Å². The van der Waals surface area contributed by atoms with Gasteiger partial charge in [-0.15, -0.1) is 0 Å². The van der Waals surface area contributed by atoms with E-state index in [0.717, 1.165) is 24.8 Å². The Morgan fingerprint density at radius 3 is 2.71 bits per heavy atom. The van der Waals surface area contributed by atoms with Crippen molar-refractivity contribution in [3.8, 4) is 0 Å². The minimum Gasteiger partial charge on any atom is -0.374 e. The van der Waals surface area contributed by atoms with E-state index in [2.05, 4.69) is 12.1 Å². The van der Waals surface area contributed by atoms with Gasteiger partial charge in [-0.05, 0) is 31.7 Å². The van der Waals surface area contributed by atoms with Crippen molar-refractivity contribution in [1.29, 1.82) is 0 Å². The van der Waals surface area contributed by atoms with E-state index >= 15 is 0 Å². The van der Waals surface area contributed by atoms with Gasteiger partial charge in [-0.2, -0.15) is 0 Å². The molecule has 1 aliphatic carbocycles. The maximum absolute atomic E-state index is 12.9. The zero-order valence-corrected chi connectivity index (χ0v) is 12.6. The second-order valence-electron chi connectivity index (χ2n) is 6.33. The molecule has 1 aromatic carbocycles. The van der Waals surface area contributed by atoms with Crippen LogP contribution in [0.3, 0.4) is 0 Å². The Labute approximate surface area is 126 Å². The smallest absolute Gasteiger partial charge is 0.226 e. The Morgan fingerprint density at radius 2 is 2.05 bits per heavy atom. The SMILES string of the molecule is C[C@@H]1CN(C(=O)[C@@H]2CC[C@@H](N)C2)[C@@H](c2ccccc2)CO1. The molecule has 3 rings (SSSR count). The van der Waals surface area contributed by atoms with Crippen LogP contribution in [0.15, 0.2) is 30.3 Å². The number of rotatable bonds is 2. The monoisotopic (exact) mass is 288 g/mol. The highest BCUT2D eigenvalue weighted by Crippen LogP contribution is 2.32. The summed E-state index contributed by atoms with van der Waals surface area (Å²) in [4.78, 5) is 14.9. The van der Waals surface area contributed by atoms with Crippen molar-refractivity contribution in [2.75, 3.05) is 13.2 Å². The summed E-state index contributed by atoms with van der Waals surface area (Å²) < 4.78 is 5.79. The second-order valence-corrected chi connectivity index (χ2v) is 6.33. The van der Waals surface area contributed by atoms with Crippen LogP contribution in [-0.2, 0) is 9.53 Å². The molecule has 21 heavy (non-hydrogen) atoms. The molecule has 0 radical (unpaired) electrons. The van der Waals surface area contributed by atoms with Crippen molar-refractivity contribution >= 4 is 5.91 Å². The predicted octanol–water partition coefficient (Wildman–Crippen LogP) is 2.10. The van der Waals surface area contributed by atoms with E-state index in [1.807, 2.05) is 30.0 Å². The Kier molecular flexibility index (Phi) is 4.27.